The van der Waals surface area contributed by atoms with Gasteiger partial charge in [-0.05, 0) is 24.3 Å². The van der Waals surface area contributed by atoms with Crippen molar-refractivity contribution in [3.8, 4) is 11.3 Å². The van der Waals surface area contributed by atoms with Crippen LogP contribution in [-0.4, -0.2) is 30.5 Å². The van der Waals surface area contributed by atoms with Crippen LogP contribution in [0.3, 0.4) is 0 Å². The zero-order valence-corrected chi connectivity index (χ0v) is 13.5. The molecule has 3 N–H and O–H groups in total. The molecule has 8 heteroatoms. The van der Waals surface area contributed by atoms with E-state index in [-0.39, 0.29) is 0 Å². The first-order chi connectivity index (χ1) is 11.3. The Kier molecular flexibility index (Phi) is 3.90. The molecule has 0 saturated heterocycles. The molecule has 24 heavy (non-hydrogen) atoms. The van der Waals surface area contributed by atoms with Gasteiger partial charge in [-0.2, -0.15) is 0 Å². The Bertz CT molecular complexity index is 1030. The quantitative estimate of drug-likeness (QED) is 0.750. The molecule has 0 fully saturated rings. The fourth-order valence-electron chi connectivity index (χ4n) is 2.29. The normalized spacial score (nSPS) is 11.4. The maximum Gasteiger partial charge on any atom is 0.250 e. The highest BCUT2D eigenvalue weighted by molar-refractivity contribution is 7.92. The Hall–Kier alpha value is -3.00. The van der Waals surface area contributed by atoms with E-state index in [4.69, 9.17) is 5.73 Å². The van der Waals surface area contributed by atoms with Crippen LogP contribution >= 0.6 is 0 Å². The van der Waals surface area contributed by atoms with E-state index in [2.05, 4.69) is 14.7 Å². The van der Waals surface area contributed by atoms with Gasteiger partial charge in [-0.15, -0.1) is 0 Å². The third-order valence-electron chi connectivity index (χ3n) is 3.32. The summed E-state index contributed by atoms with van der Waals surface area (Å²) in [7, 11) is -3.33. The molecule has 3 rings (SSSR count). The van der Waals surface area contributed by atoms with Crippen molar-refractivity contribution in [3.05, 3.63) is 54.2 Å². The summed E-state index contributed by atoms with van der Waals surface area (Å²) in [6.07, 6.45) is 2.67. The molecule has 1 amide bonds. The molecule has 3 aromatic rings. The maximum atomic E-state index is 11.5. The van der Waals surface area contributed by atoms with Crippen LogP contribution in [0.2, 0.25) is 0 Å². The second kappa shape index (κ2) is 5.89. The number of anilines is 1. The monoisotopic (exact) mass is 342 g/mol. The lowest BCUT2D eigenvalue weighted by Gasteiger charge is -2.07. The van der Waals surface area contributed by atoms with Crippen molar-refractivity contribution >= 4 is 32.7 Å². The summed E-state index contributed by atoms with van der Waals surface area (Å²) in [5, 5.41) is 0. The maximum absolute atomic E-state index is 11.5. The number of para-hydroxylation sites is 1. The standard InChI is InChI=1S/C16H14N4O3S/c1-24(22,23)20-11-7-5-10(6-8-11)14-9-18-13-4-2-3-12(16(17)21)15(13)19-14/h2-9,20H,1H3,(H2,17,21). The highest BCUT2D eigenvalue weighted by atomic mass is 32.2. The molecule has 0 atom stereocenters. The molecular formula is C16H14N4O3S. The molecule has 0 spiro atoms. The number of aromatic nitrogens is 2. The van der Waals surface area contributed by atoms with E-state index in [0.717, 1.165) is 11.8 Å². The molecular weight excluding hydrogens is 328 g/mol. The predicted octanol–water partition coefficient (Wildman–Crippen LogP) is 1.77. The van der Waals surface area contributed by atoms with Crippen molar-refractivity contribution in [3.63, 3.8) is 0 Å². The minimum Gasteiger partial charge on any atom is -0.366 e. The summed E-state index contributed by atoms with van der Waals surface area (Å²) in [4.78, 5) is 20.3. The van der Waals surface area contributed by atoms with Crippen molar-refractivity contribution < 1.29 is 13.2 Å². The van der Waals surface area contributed by atoms with Gasteiger partial charge in [0.05, 0.1) is 29.2 Å². The Morgan fingerprint density at radius 3 is 2.46 bits per heavy atom. The average Bonchev–Trinajstić information content (AvgIpc) is 2.53. The lowest BCUT2D eigenvalue weighted by Crippen LogP contribution is -2.12. The Labute approximate surface area is 138 Å². The predicted molar refractivity (Wildman–Crippen MR) is 92.0 cm³/mol. The van der Waals surface area contributed by atoms with E-state index in [1.165, 1.54) is 0 Å². The van der Waals surface area contributed by atoms with Crippen LogP contribution in [0.5, 0.6) is 0 Å². The fraction of sp³-hybridized carbons (Fsp3) is 0.0625. The molecule has 0 aliphatic rings. The SMILES string of the molecule is CS(=O)(=O)Nc1ccc(-c2cnc3cccc(C(N)=O)c3n2)cc1. The topological polar surface area (TPSA) is 115 Å². The van der Waals surface area contributed by atoms with Crippen molar-refractivity contribution in [1.82, 2.24) is 9.97 Å². The second-order valence-electron chi connectivity index (χ2n) is 5.24. The number of nitrogens with two attached hydrogens (primary N) is 1. The van der Waals surface area contributed by atoms with E-state index in [1.54, 1.807) is 48.7 Å². The molecule has 1 heterocycles. The lowest BCUT2D eigenvalue weighted by molar-refractivity contribution is 0.100. The zero-order valence-electron chi connectivity index (χ0n) is 12.7. The molecule has 0 saturated carbocycles. The minimum atomic E-state index is -3.33. The number of benzene rings is 2. The highest BCUT2D eigenvalue weighted by Crippen LogP contribution is 2.23. The molecule has 0 bridgehead atoms. The van der Waals surface area contributed by atoms with Gasteiger partial charge in [0.25, 0.3) is 5.91 Å². The summed E-state index contributed by atoms with van der Waals surface area (Å²) in [5.74, 6) is -0.570. The van der Waals surface area contributed by atoms with Gasteiger partial charge in [-0.1, -0.05) is 18.2 Å². The Balaban J connectivity index is 2.03. The summed E-state index contributed by atoms with van der Waals surface area (Å²) < 4.78 is 24.8. The number of nitrogens with zero attached hydrogens (tertiary/aromatic N) is 2. The first-order valence-corrected chi connectivity index (χ1v) is 8.86. The molecule has 0 aliphatic carbocycles. The summed E-state index contributed by atoms with van der Waals surface area (Å²) >= 11 is 0. The number of fused-ring (bicyclic) bond motifs is 1. The van der Waals surface area contributed by atoms with Gasteiger partial charge in [0.15, 0.2) is 0 Å². The second-order valence-corrected chi connectivity index (χ2v) is 6.99. The van der Waals surface area contributed by atoms with Crippen LogP contribution in [0, 0.1) is 0 Å². The zero-order chi connectivity index (χ0) is 17.3. The highest BCUT2D eigenvalue weighted by Gasteiger charge is 2.10. The van der Waals surface area contributed by atoms with Crippen LogP contribution in [0.15, 0.2) is 48.7 Å². The van der Waals surface area contributed by atoms with E-state index in [1.807, 2.05) is 0 Å². The van der Waals surface area contributed by atoms with Crippen LogP contribution in [0.25, 0.3) is 22.3 Å². The number of hydrogen-bond donors (Lipinski definition) is 2. The van der Waals surface area contributed by atoms with Crippen LogP contribution in [0.1, 0.15) is 10.4 Å². The van der Waals surface area contributed by atoms with Gasteiger partial charge in [-0.3, -0.25) is 14.5 Å². The van der Waals surface area contributed by atoms with Gasteiger partial charge >= 0.3 is 0 Å². The van der Waals surface area contributed by atoms with Gasteiger partial charge < -0.3 is 5.73 Å². The Morgan fingerprint density at radius 2 is 1.83 bits per heavy atom. The van der Waals surface area contributed by atoms with Crippen LogP contribution in [0.4, 0.5) is 5.69 Å². The third kappa shape index (κ3) is 3.33. The number of carbonyl (C=O) groups excluding carboxylic acids is 1. The number of amides is 1. The number of nitrogens with one attached hydrogen (secondary N) is 1. The number of carbonyl (C=O) groups is 1. The third-order valence-corrected chi connectivity index (χ3v) is 3.93. The number of primary amides is 1. The number of rotatable bonds is 4. The van der Waals surface area contributed by atoms with Gasteiger partial charge in [0.2, 0.25) is 10.0 Å². The minimum absolute atomic E-state index is 0.303. The van der Waals surface area contributed by atoms with Crippen molar-refractivity contribution in [2.24, 2.45) is 5.73 Å². The van der Waals surface area contributed by atoms with E-state index >= 15 is 0 Å². The molecule has 1 aromatic heterocycles. The van der Waals surface area contributed by atoms with Crippen molar-refractivity contribution in [2.75, 3.05) is 11.0 Å². The fourth-order valence-corrected chi connectivity index (χ4v) is 2.86. The van der Waals surface area contributed by atoms with Crippen molar-refractivity contribution in [1.29, 1.82) is 0 Å². The number of sulfonamides is 1. The van der Waals surface area contributed by atoms with E-state index < -0.39 is 15.9 Å². The number of hydrogen-bond acceptors (Lipinski definition) is 5. The Morgan fingerprint density at radius 1 is 1.12 bits per heavy atom. The lowest BCUT2D eigenvalue weighted by atomic mass is 10.1. The summed E-state index contributed by atoms with van der Waals surface area (Å²) in [6, 6.07) is 11.7. The van der Waals surface area contributed by atoms with Gasteiger partial charge in [0, 0.05) is 11.3 Å². The molecule has 0 unspecified atom stereocenters. The summed E-state index contributed by atoms with van der Waals surface area (Å²) in [5.41, 5.74) is 8.43. The largest absolute Gasteiger partial charge is 0.366 e. The molecule has 2 aromatic carbocycles. The van der Waals surface area contributed by atoms with Gasteiger partial charge in [0.1, 0.15) is 5.52 Å². The first-order valence-electron chi connectivity index (χ1n) is 6.97. The van der Waals surface area contributed by atoms with Crippen molar-refractivity contribution in [2.45, 2.75) is 0 Å². The molecule has 0 radical (unpaired) electrons. The van der Waals surface area contributed by atoms with E-state index in [0.29, 0.717) is 28.0 Å². The van der Waals surface area contributed by atoms with E-state index in [9.17, 15) is 13.2 Å². The van der Waals surface area contributed by atoms with Crippen LogP contribution < -0.4 is 10.5 Å². The van der Waals surface area contributed by atoms with Crippen LogP contribution in [-0.2, 0) is 10.0 Å². The summed E-state index contributed by atoms with van der Waals surface area (Å²) in [6.45, 7) is 0. The van der Waals surface area contributed by atoms with Gasteiger partial charge in [-0.25, -0.2) is 13.4 Å². The molecule has 122 valence electrons. The molecule has 7 nitrogen and oxygen atoms in total. The first kappa shape index (κ1) is 15.9. The average molecular weight is 342 g/mol. The smallest absolute Gasteiger partial charge is 0.250 e. The molecule has 0 aliphatic heterocycles.